The van der Waals surface area contributed by atoms with Gasteiger partial charge in [0.25, 0.3) is 0 Å². The van der Waals surface area contributed by atoms with Crippen LogP contribution in [0, 0.1) is 6.92 Å². The molecule has 3 rings (SSSR count). The van der Waals surface area contributed by atoms with Gasteiger partial charge in [-0.05, 0) is 18.6 Å². The van der Waals surface area contributed by atoms with Gasteiger partial charge in [0.2, 0.25) is 0 Å². The average molecular weight is 229 g/mol. The molecule has 4 heteroatoms. The van der Waals surface area contributed by atoms with E-state index in [1.54, 1.807) is 11.3 Å². The molecule has 1 aliphatic heterocycles. The van der Waals surface area contributed by atoms with Crippen molar-refractivity contribution in [2.75, 3.05) is 12.0 Å². The van der Waals surface area contributed by atoms with Gasteiger partial charge in [0.05, 0.1) is 10.7 Å². The van der Waals surface area contributed by atoms with E-state index >= 15 is 0 Å². The van der Waals surface area contributed by atoms with Crippen LogP contribution in [-0.2, 0) is 0 Å². The molecule has 2 aromatic heterocycles. The molecule has 0 amide bonds. The third-order valence-corrected chi connectivity index (χ3v) is 3.52. The van der Waals surface area contributed by atoms with Crippen molar-refractivity contribution in [1.29, 1.82) is 0 Å². The summed E-state index contributed by atoms with van der Waals surface area (Å²) in [6.45, 7) is 2.72. The lowest BCUT2D eigenvalue weighted by atomic mass is 10.1. The fraction of sp³-hybridized carbons (Fsp3) is 0.167. The van der Waals surface area contributed by atoms with Gasteiger partial charge in [-0.3, -0.25) is 9.98 Å². The Morgan fingerprint density at radius 3 is 3.12 bits per heavy atom. The number of thiophene rings is 1. The lowest BCUT2D eigenvalue weighted by Gasteiger charge is -2.08. The number of nitrogens with one attached hydrogen (secondary N) is 1. The Kier molecular flexibility index (Phi) is 2.22. The van der Waals surface area contributed by atoms with Crippen molar-refractivity contribution in [3.05, 3.63) is 34.8 Å². The fourth-order valence-electron chi connectivity index (χ4n) is 1.71. The Hall–Kier alpha value is -1.68. The topological polar surface area (TPSA) is 37.3 Å². The average Bonchev–Trinajstić information content (AvgIpc) is 2.74. The number of hydrogen-bond donors (Lipinski definition) is 1. The summed E-state index contributed by atoms with van der Waals surface area (Å²) >= 11 is 1.71. The zero-order valence-electron chi connectivity index (χ0n) is 8.90. The molecule has 80 valence electrons. The number of pyridine rings is 1. The zero-order chi connectivity index (χ0) is 11.0. The van der Waals surface area contributed by atoms with Crippen molar-refractivity contribution < 1.29 is 0 Å². The van der Waals surface area contributed by atoms with Crippen LogP contribution in [0.5, 0.6) is 0 Å². The van der Waals surface area contributed by atoms with Gasteiger partial charge in [0.15, 0.2) is 0 Å². The second-order valence-electron chi connectivity index (χ2n) is 3.76. The van der Waals surface area contributed by atoms with E-state index in [-0.39, 0.29) is 0 Å². The molecule has 0 fully saturated rings. The maximum absolute atomic E-state index is 4.45. The highest BCUT2D eigenvalue weighted by molar-refractivity contribution is 7.15. The molecular formula is C12H11N3S. The number of hydrogen-bond acceptors (Lipinski definition) is 4. The minimum Gasteiger partial charge on any atom is -0.357 e. The summed E-state index contributed by atoms with van der Waals surface area (Å²) in [6, 6.07) is 4.14. The molecule has 0 saturated carbocycles. The summed E-state index contributed by atoms with van der Waals surface area (Å²) in [5, 5.41) is 6.58. The van der Waals surface area contributed by atoms with E-state index < -0.39 is 0 Å². The van der Waals surface area contributed by atoms with Crippen LogP contribution in [0.25, 0.3) is 11.3 Å². The van der Waals surface area contributed by atoms with E-state index in [1.807, 2.05) is 19.3 Å². The molecule has 0 spiro atoms. The van der Waals surface area contributed by atoms with Crippen molar-refractivity contribution in [2.45, 2.75) is 6.92 Å². The Morgan fingerprint density at radius 2 is 2.31 bits per heavy atom. The van der Waals surface area contributed by atoms with Gasteiger partial charge in [-0.25, -0.2) is 0 Å². The monoisotopic (exact) mass is 229 g/mol. The van der Waals surface area contributed by atoms with Crippen LogP contribution in [0.15, 0.2) is 28.7 Å². The van der Waals surface area contributed by atoms with Crippen molar-refractivity contribution in [3.63, 3.8) is 0 Å². The summed E-state index contributed by atoms with van der Waals surface area (Å²) in [5.74, 6) is 0. The Balaban J connectivity index is 2.11. The van der Waals surface area contributed by atoms with E-state index in [9.17, 15) is 0 Å². The summed E-state index contributed by atoms with van der Waals surface area (Å²) in [4.78, 5) is 8.68. The SMILES string of the molecule is Cc1ccc(-c2csc3c2C=NCN3)nc1. The minimum atomic E-state index is 0.675. The number of fused-ring (bicyclic) bond motifs is 1. The van der Waals surface area contributed by atoms with Crippen LogP contribution in [0.2, 0.25) is 0 Å². The lowest BCUT2D eigenvalue weighted by molar-refractivity contribution is 1.14. The predicted molar refractivity (Wildman–Crippen MR) is 68.4 cm³/mol. The van der Waals surface area contributed by atoms with Crippen molar-refractivity contribution in [1.82, 2.24) is 4.98 Å². The Bertz CT molecular complexity index is 540. The van der Waals surface area contributed by atoms with Crippen molar-refractivity contribution in [2.24, 2.45) is 4.99 Å². The smallest absolute Gasteiger partial charge is 0.108 e. The first-order valence-electron chi connectivity index (χ1n) is 5.13. The fourth-order valence-corrected chi connectivity index (χ4v) is 2.63. The molecule has 0 radical (unpaired) electrons. The summed E-state index contributed by atoms with van der Waals surface area (Å²) in [6.07, 6.45) is 3.83. The molecule has 1 aliphatic rings. The first-order chi connectivity index (χ1) is 7.84. The first-order valence-corrected chi connectivity index (χ1v) is 6.01. The molecule has 0 unspecified atom stereocenters. The quantitative estimate of drug-likeness (QED) is 0.816. The Labute approximate surface area is 97.9 Å². The Morgan fingerprint density at radius 1 is 1.38 bits per heavy atom. The molecule has 0 bridgehead atoms. The van der Waals surface area contributed by atoms with Gasteiger partial charge in [0.1, 0.15) is 6.67 Å². The molecule has 1 N–H and O–H groups in total. The summed E-state index contributed by atoms with van der Waals surface area (Å²) < 4.78 is 0. The second-order valence-corrected chi connectivity index (χ2v) is 4.64. The van der Waals surface area contributed by atoms with Gasteiger partial charge in [-0.15, -0.1) is 11.3 Å². The predicted octanol–water partition coefficient (Wildman–Crippen LogP) is 2.92. The standard InChI is InChI=1S/C12H11N3S/c1-8-2-3-11(14-4-8)10-6-16-12-9(10)5-13-7-15-12/h2-6,15H,7H2,1H3. The number of nitrogens with zero attached hydrogens (tertiary/aromatic N) is 2. The molecule has 0 aromatic carbocycles. The van der Waals surface area contributed by atoms with Gasteiger partial charge < -0.3 is 5.32 Å². The number of rotatable bonds is 1. The van der Waals surface area contributed by atoms with Crippen LogP contribution in [0.1, 0.15) is 11.1 Å². The maximum Gasteiger partial charge on any atom is 0.108 e. The molecule has 0 saturated heterocycles. The van der Waals surface area contributed by atoms with Crippen LogP contribution in [0.4, 0.5) is 5.00 Å². The van der Waals surface area contributed by atoms with Crippen LogP contribution in [0.3, 0.4) is 0 Å². The molecule has 0 aliphatic carbocycles. The molecule has 3 heterocycles. The molecule has 16 heavy (non-hydrogen) atoms. The third-order valence-electron chi connectivity index (χ3n) is 2.57. The lowest BCUT2D eigenvalue weighted by Crippen LogP contribution is -2.05. The molecule has 3 nitrogen and oxygen atoms in total. The summed E-state index contributed by atoms with van der Waals surface area (Å²) in [7, 11) is 0. The molecular weight excluding hydrogens is 218 g/mol. The highest BCUT2D eigenvalue weighted by Gasteiger charge is 2.14. The molecule has 2 aromatic rings. The number of anilines is 1. The third kappa shape index (κ3) is 1.51. The van der Waals surface area contributed by atoms with Gasteiger partial charge in [0, 0.05) is 28.9 Å². The van der Waals surface area contributed by atoms with E-state index in [2.05, 4.69) is 32.8 Å². The number of aliphatic imine (C=N–C) groups is 1. The minimum absolute atomic E-state index is 0.675. The largest absolute Gasteiger partial charge is 0.357 e. The van der Waals surface area contributed by atoms with Crippen LogP contribution >= 0.6 is 11.3 Å². The van der Waals surface area contributed by atoms with Gasteiger partial charge in [-0.2, -0.15) is 0 Å². The normalized spacial score (nSPS) is 13.3. The maximum atomic E-state index is 4.45. The van der Waals surface area contributed by atoms with E-state index in [1.165, 1.54) is 10.6 Å². The zero-order valence-corrected chi connectivity index (χ0v) is 9.71. The van der Waals surface area contributed by atoms with E-state index in [0.717, 1.165) is 16.8 Å². The van der Waals surface area contributed by atoms with Crippen LogP contribution < -0.4 is 5.32 Å². The number of aryl methyl sites for hydroxylation is 1. The molecule has 0 atom stereocenters. The highest BCUT2D eigenvalue weighted by Crippen LogP contribution is 2.34. The van der Waals surface area contributed by atoms with Gasteiger partial charge in [-0.1, -0.05) is 6.07 Å². The first kappa shape index (κ1) is 9.54. The van der Waals surface area contributed by atoms with E-state index in [0.29, 0.717) is 6.67 Å². The van der Waals surface area contributed by atoms with E-state index in [4.69, 9.17) is 0 Å². The number of aromatic nitrogens is 1. The second kappa shape index (κ2) is 3.72. The highest BCUT2D eigenvalue weighted by atomic mass is 32.1. The van der Waals surface area contributed by atoms with Crippen molar-refractivity contribution in [3.8, 4) is 11.3 Å². The summed E-state index contributed by atoms with van der Waals surface area (Å²) in [5.41, 5.74) is 4.52. The van der Waals surface area contributed by atoms with Gasteiger partial charge >= 0.3 is 0 Å². The van der Waals surface area contributed by atoms with Crippen LogP contribution in [-0.4, -0.2) is 17.9 Å². The van der Waals surface area contributed by atoms with Crippen molar-refractivity contribution >= 4 is 22.6 Å².